The Hall–Kier alpha value is -2.63. The Labute approximate surface area is 174 Å². The lowest BCUT2D eigenvalue weighted by molar-refractivity contribution is 0.0546. The van der Waals surface area contributed by atoms with Crippen LogP contribution >= 0.6 is 11.6 Å². The van der Waals surface area contributed by atoms with Crippen LogP contribution in [0, 0.1) is 0 Å². The topological polar surface area (TPSA) is 62.7 Å². The number of pyridine rings is 1. The second-order valence-electron chi connectivity index (χ2n) is 7.20. The van der Waals surface area contributed by atoms with E-state index in [9.17, 15) is 9.90 Å². The molecule has 1 aliphatic heterocycles. The monoisotopic (exact) mass is 410 g/mol. The third kappa shape index (κ3) is 4.21. The van der Waals surface area contributed by atoms with Gasteiger partial charge in [0.15, 0.2) is 0 Å². The fourth-order valence-corrected chi connectivity index (χ4v) is 3.84. The first-order valence-electron chi connectivity index (χ1n) is 9.86. The van der Waals surface area contributed by atoms with Crippen LogP contribution in [0.2, 0.25) is 5.02 Å². The van der Waals surface area contributed by atoms with Crippen molar-refractivity contribution in [3.8, 4) is 17.0 Å². The van der Waals surface area contributed by atoms with Crippen molar-refractivity contribution in [2.75, 3.05) is 19.7 Å². The van der Waals surface area contributed by atoms with Gasteiger partial charge in [-0.2, -0.15) is 0 Å². The van der Waals surface area contributed by atoms with E-state index in [1.165, 1.54) is 0 Å². The Morgan fingerprint density at radius 3 is 2.72 bits per heavy atom. The maximum absolute atomic E-state index is 12.9. The smallest absolute Gasteiger partial charge is 0.253 e. The van der Waals surface area contributed by atoms with Gasteiger partial charge in [-0.1, -0.05) is 23.7 Å². The molecule has 0 unspecified atom stereocenters. The van der Waals surface area contributed by atoms with E-state index >= 15 is 0 Å². The number of hydrogen-bond donors (Lipinski definition) is 1. The number of hydrogen-bond acceptors (Lipinski definition) is 4. The lowest BCUT2D eigenvalue weighted by Crippen LogP contribution is -2.40. The Morgan fingerprint density at radius 1 is 1.21 bits per heavy atom. The van der Waals surface area contributed by atoms with Crippen molar-refractivity contribution in [3.05, 3.63) is 59.1 Å². The van der Waals surface area contributed by atoms with Crippen molar-refractivity contribution >= 4 is 28.4 Å². The second kappa shape index (κ2) is 8.39. The molecule has 6 heteroatoms. The first-order valence-corrected chi connectivity index (χ1v) is 10.2. The van der Waals surface area contributed by atoms with Gasteiger partial charge in [0.2, 0.25) is 0 Å². The van der Waals surface area contributed by atoms with Crippen molar-refractivity contribution in [1.82, 2.24) is 9.88 Å². The number of benzene rings is 2. The molecule has 4 rings (SSSR count). The van der Waals surface area contributed by atoms with Gasteiger partial charge in [0.25, 0.3) is 5.91 Å². The van der Waals surface area contributed by atoms with E-state index in [0.29, 0.717) is 48.9 Å². The molecular weight excluding hydrogens is 388 g/mol. The van der Waals surface area contributed by atoms with Crippen molar-refractivity contribution in [2.24, 2.45) is 0 Å². The highest BCUT2D eigenvalue weighted by Gasteiger charge is 2.23. The molecule has 0 aliphatic carbocycles. The van der Waals surface area contributed by atoms with E-state index in [2.05, 4.69) is 0 Å². The molecule has 3 aromatic rings. The third-order valence-corrected chi connectivity index (χ3v) is 5.42. The number of carbonyl (C=O) groups excluding carboxylic acids is 1. The molecule has 150 valence electrons. The van der Waals surface area contributed by atoms with Crippen molar-refractivity contribution < 1.29 is 14.6 Å². The molecule has 0 spiro atoms. The molecule has 5 nitrogen and oxygen atoms in total. The average molecular weight is 411 g/mol. The number of fused-ring (bicyclic) bond motifs is 1. The van der Waals surface area contributed by atoms with Crippen molar-refractivity contribution in [1.29, 1.82) is 0 Å². The molecule has 1 N–H and O–H groups in total. The zero-order valence-electron chi connectivity index (χ0n) is 16.3. The van der Waals surface area contributed by atoms with Gasteiger partial charge in [0.05, 0.1) is 23.9 Å². The normalized spacial score (nSPS) is 14.9. The van der Waals surface area contributed by atoms with Crippen LogP contribution in [0.1, 0.15) is 30.1 Å². The summed E-state index contributed by atoms with van der Waals surface area (Å²) in [7, 11) is 0. The van der Waals surface area contributed by atoms with E-state index in [1.807, 2.05) is 49.4 Å². The highest BCUT2D eigenvalue weighted by Crippen LogP contribution is 2.32. The molecule has 1 aromatic heterocycles. The number of ether oxygens (including phenoxy) is 1. The average Bonchev–Trinajstić information content (AvgIpc) is 2.73. The van der Waals surface area contributed by atoms with Crippen LogP contribution < -0.4 is 4.74 Å². The molecule has 1 amide bonds. The van der Waals surface area contributed by atoms with Crippen molar-refractivity contribution in [3.63, 3.8) is 0 Å². The maximum Gasteiger partial charge on any atom is 0.253 e. The molecule has 1 saturated heterocycles. The zero-order valence-corrected chi connectivity index (χ0v) is 17.0. The summed E-state index contributed by atoms with van der Waals surface area (Å²) < 4.78 is 5.87. The Balaban J connectivity index is 1.73. The van der Waals surface area contributed by atoms with Crippen molar-refractivity contribution in [2.45, 2.75) is 25.9 Å². The summed E-state index contributed by atoms with van der Waals surface area (Å²) in [5.74, 6) is 0.663. The van der Waals surface area contributed by atoms with Gasteiger partial charge in [-0.25, -0.2) is 4.98 Å². The Morgan fingerprint density at radius 2 is 2.00 bits per heavy atom. The van der Waals surface area contributed by atoms with Crippen LogP contribution in [0.3, 0.4) is 0 Å². The zero-order chi connectivity index (χ0) is 20.4. The van der Waals surface area contributed by atoms with Gasteiger partial charge in [-0.15, -0.1) is 0 Å². The first kappa shape index (κ1) is 19.7. The van der Waals surface area contributed by atoms with E-state index in [-0.39, 0.29) is 12.0 Å². The van der Waals surface area contributed by atoms with Gasteiger partial charge in [0, 0.05) is 40.7 Å². The highest BCUT2D eigenvalue weighted by molar-refractivity contribution is 6.30. The van der Waals surface area contributed by atoms with Gasteiger partial charge in [-0.3, -0.25) is 4.79 Å². The molecule has 1 fully saturated rings. The van der Waals surface area contributed by atoms with Gasteiger partial charge in [0.1, 0.15) is 5.75 Å². The van der Waals surface area contributed by atoms with Gasteiger partial charge in [-0.05, 0) is 50.1 Å². The quantitative estimate of drug-likeness (QED) is 0.685. The Bertz CT molecular complexity index is 1050. The number of rotatable bonds is 4. The number of carbonyl (C=O) groups is 1. The predicted octanol–water partition coefficient (Wildman–Crippen LogP) is 4.55. The number of aliphatic hydroxyl groups is 1. The number of halogens is 1. The highest BCUT2D eigenvalue weighted by atomic mass is 35.5. The number of nitrogens with zero attached hydrogens (tertiary/aromatic N) is 2. The number of aliphatic hydroxyl groups excluding tert-OH is 1. The minimum Gasteiger partial charge on any atom is -0.493 e. The van der Waals surface area contributed by atoms with E-state index in [0.717, 1.165) is 22.2 Å². The summed E-state index contributed by atoms with van der Waals surface area (Å²) in [5, 5.41) is 11.1. The molecule has 0 saturated carbocycles. The van der Waals surface area contributed by atoms with E-state index in [1.54, 1.807) is 11.0 Å². The van der Waals surface area contributed by atoms with Crippen LogP contribution in [0.4, 0.5) is 0 Å². The molecule has 0 atom stereocenters. The summed E-state index contributed by atoms with van der Waals surface area (Å²) >= 11 is 6.14. The van der Waals surface area contributed by atoms with Gasteiger partial charge >= 0.3 is 0 Å². The fraction of sp³-hybridized carbons (Fsp3) is 0.304. The fourth-order valence-electron chi connectivity index (χ4n) is 3.65. The molecule has 0 radical (unpaired) electrons. The van der Waals surface area contributed by atoms with Crippen LogP contribution in [0.25, 0.3) is 22.2 Å². The summed E-state index contributed by atoms with van der Waals surface area (Å²) in [6.07, 6.45) is 0.927. The largest absolute Gasteiger partial charge is 0.493 e. The molecule has 29 heavy (non-hydrogen) atoms. The molecule has 2 aromatic carbocycles. The van der Waals surface area contributed by atoms with Gasteiger partial charge < -0.3 is 14.7 Å². The molecular formula is C23H23ClN2O3. The van der Waals surface area contributed by atoms with Crippen LogP contribution in [0.5, 0.6) is 5.75 Å². The third-order valence-electron chi connectivity index (χ3n) is 5.19. The van der Waals surface area contributed by atoms with E-state index < -0.39 is 0 Å². The Kier molecular flexibility index (Phi) is 5.69. The number of piperidine rings is 1. The summed E-state index contributed by atoms with van der Waals surface area (Å²) in [6.45, 7) is 3.58. The molecule has 0 bridgehead atoms. The molecule has 1 aliphatic rings. The predicted molar refractivity (Wildman–Crippen MR) is 115 cm³/mol. The number of amides is 1. The summed E-state index contributed by atoms with van der Waals surface area (Å²) in [5.41, 5.74) is 3.05. The maximum atomic E-state index is 12.9. The molecule has 2 heterocycles. The SMILES string of the molecule is CCOc1cc(-c2cccc(Cl)c2)nc2ccc(C(=O)N3CCC(O)CC3)cc12. The lowest BCUT2D eigenvalue weighted by atomic mass is 10.0. The first-order chi connectivity index (χ1) is 14.0. The van der Waals surface area contributed by atoms with Crippen LogP contribution in [-0.4, -0.2) is 46.7 Å². The number of likely N-dealkylation sites (tertiary alicyclic amines) is 1. The summed E-state index contributed by atoms with van der Waals surface area (Å²) in [6, 6.07) is 14.9. The summed E-state index contributed by atoms with van der Waals surface area (Å²) in [4.78, 5) is 19.5. The standard InChI is InChI=1S/C23H23ClN2O3/c1-2-29-22-14-21(15-4-3-5-17(24)12-15)25-20-7-6-16(13-19(20)22)23(28)26-10-8-18(27)9-11-26/h3-7,12-14,18,27H,2,8-11H2,1H3. The lowest BCUT2D eigenvalue weighted by Gasteiger charge is -2.29. The second-order valence-corrected chi connectivity index (χ2v) is 7.64. The van der Waals surface area contributed by atoms with Crippen LogP contribution in [-0.2, 0) is 0 Å². The van der Waals surface area contributed by atoms with E-state index in [4.69, 9.17) is 21.3 Å². The minimum atomic E-state index is -0.311. The number of aromatic nitrogens is 1. The minimum absolute atomic E-state index is 0.0276. The van der Waals surface area contributed by atoms with Crippen LogP contribution in [0.15, 0.2) is 48.5 Å².